The predicted molar refractivity (Wildman–Crippen MR) is 88.3 cm³/mol. The molecule has 0 spiro atoms. The summed E-state index contributed by atoms with van der Waals surface area (Å²) in [4.78, 5) is 0. The Balaban J connectivity index is 1.82. The molecule has 4 bridgehead atoms. The Morgan fingerprint density at radius 1 is 1.05 bits per heavy atom. The monoisotopic (exact) mass is 297 g/mol. The van der Waals surface area contributed by atoms with Gasteiger partial charge in [-0.2, -0.15) is 0 Å². The Hall–Kier alpha value is -1.42. The minimum atomic E-state index is -2.40. The number of fused-ring (bicyclic) bond motifs is 4. The molecule has 0 amide bonds. The minimum absolute atomic E-state index is 0.415. The quantitative estimate of drug-likeness (QED) is 0.635. The molecule has 98 valence electrons. The van der Waals surface area contributed by atoms with Crippen molar-refractivity contribution in [3.8, 4) is 0 Å². The van der Waals surface area contributed by atoms with E-state index in [0.717, 1.165) is 23.0 Å². The van der Waals surface area contributed by atoms with Gasteiger partial charge in [-0.15, -0.1) is 0 Å². The number of hydrogen-bond acceptors (Lipinski definition) is 1. The fraction of sp³-hybridized carbons (Fsp3) is 0.118. The first-order valence-corrected chi connectivity index (χ1v) is 10.2. The van der Waals surface area contributed by atoms with Gasteiger partial charge in [0.15, 0.2) is 13.0 Å². The molecule has 3 aliphatic heterocycles. The summed E-state index contributed by atoms with van der Waals surface area (Å²) in [5.74, 6) is 0.796. The lowest BCUT2D eigenvalue weighted by Crippen LogP contribution is -1.98. The number of hydrogen-bond donors (Lipinski definition) is 0. The smallest absolute Gasteiger partial charge is 0.185 e. The van der Waals surface area contributed by atoms with Crippen LogP contribution in [0.15, 0.2) is 71.4 Å². The molecule has 3 heteroatoms. The number of allylic oxidation sites excluding steroid dienone is 9. The van der Waals surface area contributed by atoms with Crippen LogP contribution in [0.2, 0.25) is 0 Å². The van der Waals surface area contributed by atoms with Gasteiger partial charge < -0.3 is 4.57 Å². The summed E-state index contributed by atoms with van der Waals surface area (Å²) >= 11 is 0. The molecular weight excluding hydrogens is 282 g/mol. The molecule has 0 saturated carbocycles. The van der Waals surface area contributed by atoms with Gasteiger partial charge in [-0.25, -0.2) is 0 Å². The van der Waals surface area contributed by atoms with Gasteiger partial charge in [0.2, 0.25) is 0 Å². The molecule has 0 aromatic carbocycles. The summed E-state index contributed by atoms with van der Waals surface area (Å²) in [5, 5.41) is 4.89. The molecule has 1 unspecified atom stereocenters. The first kappa shape index (κ1) is 12.3. The average Bonchev–Trinajstić information content (AvgIpc) is 2.37. The molecule has 1 aromatic heterocycles. The van der Waals surface area contributed by atoms with E-state index in [0.29, 0.717) is 0 Å². The van der Waals surface area contributed by atoms with Gasteiger partial charge in [-0.3, -0.25) is 0 Å². The zero-order chi connectivity index (χ0) is 13.6. The Labute approximate surface area is 120 Å². The topological polar surface area (TPSA) is 17.1 Å². The zero-order valence-corrected chi connectivity index (χ0v) is 12.9. The highest BCUT2D eigenvalue weighted by Gasteiger charge is 2.39. The van der Waals surface area contributed by atoms with Crippen molar-refractivity contribution in [1.82, 2.24) is 0 Å². The average molecular weight is 297 g/mol. The molecule has 0 aliphatic carbocycles. The van der Waals surface area contributed by atoms with Crippen molar-refractivity contribution >= 4 is 20.8 Å². The maximum atomic E-state index is 13.6. The first-order chi connectivity index (χ1) is 9.77. The van der Waals surface area contributed by atoms with E-state index in [9.17, 15) is 4.57 Å². The van der Waals surface area contributed by atoms with Crippen molar-refractivity contribution in [2.45, 2.75) is 12.3 Å². The van der Waals surface area contributed by atoms with Crippen LogP contribution in [-0.4, -0.2) is 0 Å². The van der Waals surface area contributed by atoms with Crippen LogP contribution in [-0.2, 0) is 16.9 Å². The molecule has 4 heterocycles. The van der Waals surface area contributed by atoms with Crippen molar-refractivity contribution in [1.29, 1.82) is 0 Å². The maximum absolute atomic E-state index is 13.6. The van der Waals surface area contributed by atoms with Crippen molar-refractivity contribution in [3.63, 3.8) is 0 Å². The van der Waals surface area contributed by atoms with Gasteiger partial charge in [0, 0.05) is 17.0 Å². The van der Waals surface area contributed by atoms with E-state index in [4.69, 9.17) is 0 Å². The van der Waals surface area contributed by atoms with E-state index in [-0.39, 0.29) is 0 Å². The lowest BCUT2D eigenvalue weighted by molar-refractivity contribution is 0.585. The fourth-order valence-electron chi connectivity index (χ4n) is 3.00. The van der Waals surface area contributed by atoms with Crippen LogP contribution >= 0.6 is 14.7 Å². The standard InChI is InChI=1S/C17H15OP2/c18-20(16-9-3-10-17(20)12-4-11-16)13-19-14-5-1-6-15(19)8-2-7-14/h1-7,9-12H,8,13H2/q+1. The van der Waals surface area contributed by atoms with E-state index >= 15 is 0 Å². The maximum Gasteiger partial charge on any atom is 0.185 e. The van der Waals surface area contributed by atoms with Gasteiger partial charge in [0.05, 0.1) is 0 Å². The fourth-order valence-corrected chi connectivity index (χ4v) is 10.4. The van der Waals surface area contributed by atoms with Gasteiger partial charge in [0.1, 0.15) is 18.1 Å². The van der Waals surface area contributed by atoms with E-state index in [1.54, 1.807) is 0 Å². The van der Waals surface area contributed by atoms with Crippen LogP contribution < -0.4 is 0 Å². The molecule has 1 aromatic rings. The van der Waals surface area contributed by atoms with E-state index < -0.39 is 14.7 Å². The van der Waals surface area contributed by atoms with Crippen LogP contribution in [0.3, 0.4) is 0 Å². The molecule has 20 heavy (non-hydrogen) atoms. The predicted octanol–water partition coefficient (Wildman–Crippen LogP) is 5.75. The molecule has 1 atom stereocenters. The molecule has 0 N–H and O–H groups in total. The Morgan fingerprint density at radius 2 is 1.80 bits per heavy atom. The van der Waals surface area contributed by atoms with Crippen molar-refractivity contribution < 1.29 is 4.57 Å². The first-order valence-electron chi connectivity index (χ1n) is 6.83. The van der Waals surface area contributed by atoms with Crippen molar-refractivity contribution in [2.75, 3.05) is 0 Å². The van der Waals surface area contributed by atoms with Crippen LogP contribution in [0.4, 0.5) is 0 Å². The van der Waals surface area contributed by atoms with Crippen molar-refractivity contribution in [2.24, 2.45) is 0 Å². The van der Waals surface area contributed by atoms with Gasteiger partial charge >= 0.3 is 0 Å². The molecule has 0 radical (unpaired) electrons. The van der Waals surface area contributed by atoms with Gasteiger partial charge in [0.25, 0.3) is 0 Å². The normalized spacial score (nSPS) is 21.5. The van der Waals surface area contributed by atoms with Crippen LogP contribution in [0.25, 0.3) is 6.08 Å². The minimum Gasteiger partial charge on any atom is -0.309 e. The summed E-state index contributed by atoms with van der Waals surface area (Å²) in [6.07, 6.45) is 17.6. The molecule has 4 rings (SSSR count). The molecule has 3 aliphatic rings. The Bertz CT molecular complexity index is 759. The zero-order valence-electron chi connectivity index (χ0n) is 11.1. The summed E-state index contributed by atoms with van der Waals surface area (Å²) in [7, 11) is -2.82. The number of rotatable bonds is 2. The lowest BCUT2D eigenvalue weighted by Gasteiger charge is -2.23. The molecule has 0 fully saturated rings. The van der Waals surface area contributed by atoms with Crippen LogP contribution in [0.1, 0.15) is 10.6 Å². The third-order valence-electron chi connectivity index (χ3n) is 4.07. The van der Waals surface area contributed by atoms with E-state index in [1.807, 2.05) is 36.5 Å². The molecule has 0 saturated heterocycles. The molecular formula is C17H15OP2+. The SMILES string of the molecule is O=P1(C[p+]2c3cccc2CC=C3)C2=CC=CC1=CC=C2. The van der Waals surface area contributed by atoms with Crippen LogP contribution in [0.5, 0.6) is 0 Å². The van der Waals surface area contributed by atoms with E-state index in [2.05, 4.69) is 30.4 Å². The second-order valence-electron chi connectivity index (χ2n) is 5.26. The van der Waals surface area contributed by atoms with Gasteiger partial charge in [-0.05, 0) is 18.2 Å². The summed E-state index contributed by atoms with van der Waals surface area (Å²) < 4.78 is 13.6. The second-order valence-corrected chi connectivity index (χ2v) is 10.8. The van der Waals surface area contributed by atoms with Gasteiger partial charge in [-0.1, -0.05) is 48.6 Å². The van der Waals surface area contributed by atoms with Crippen molar-refractivity contribution in [3.05, 3.63) is 82.0 Å². The highest BCUT2D eigenvalue weighted by molar-refractivity contribution is 7.80. The third kappa shape index (κ3) is 1.78. The highest BCUT2D eigenvalue weighted by atomic mass is 31.2. The largest absolute Gasteiger partial charge is 0.309 e. The molecule has 1 nitrogen and oxygen atoms in total. The van der Waals surface area contributed by atoms with Crippen LogP contribution in [0, 0.1) is 0 Å². The van der Waals surface area contributed by atoms with E-state index in [1.165, 1.54) is 10.6 Å². The summed E-state index contributed by atoms with van der Waals surface area (Å²) in [6, 6.07) is 6.53. The summed E-state index contributed by atoms with van der Waals surface area (Å²) in [6.45, 7) is 0. The summed E-state index contributed by atoms with van der Waals surface area (Å²) in [5.41, 5.74) is 0. The lowest BCUT2D eigenvalue weighted by atomic mass is 10.2. The Morgan fingerprint density at radius 3 is 2.50 bits per heavy atom. The Kier molecular flexibility index (Phi) is 2.81. The highest BCUT2D eigenvalue weighted by Crippen LogP contribution is 2.71. The second kappa shape index (κ2) is 4.55. The third-order valence-corrected chi connectivity index (χ3v) is 11.0.